The quantitative estimate of drug-likeness (QED) is 0.660. The smallest absolute Gasteiger partial charge is 0.258 e. The number of rotatable bonds is 9. The second kappa shape index (κ2) is 10.3. The molecule has 0 aliphatic rings. The fourth-order valence-corrected chi connectivity index (χ4v) is 2.25. The van der Waals surface area contributed by atoms with Gasteiger partial charge >= 0.3 is 0 Å². The highest BCUT2D eigenvalue weighted by molar-refractivity contribution is 6.30. The van der Waals surface area contributed by atoms with Gasteiger partial charge in [-0.25, -0.2) is 0 Å². The molecule has 2 aromatic carbocycles. The van der Waals surface area contributed by atoms with E-state index in [1.54, 1.807) is 36.4 Å². The van der Waals surface area contributed by atoms with E-state index in [9.17, 15) is 9.59 Å². The molecule has 0 radical (unpaired) electrons. The SMILES string of the molecule is CCOc1ccccc1OCC(=O)NCCNC(=O)c1ccc(Cl)cc1. The fraction of sp³-hybridized carbons (Fsp3) is 0.263. The molecule has 138 valence electrons. The first-order chi connectivity index (χ1) is 12.6. The van der Waals surface area contributed by atoms with Crippen LogP contribution in [0.1, 0.15) is 17.3 Å². The van der Waals surface area contributed by atoms with Gasteiger partial charge in [-0.3, -0.25) is 9.59 Å². The zero-order valence-corrected chi connectivity index (χ0v) is 15.2. The predicted octanol–water partition coefficient (Wildman–Crippen LogP) is 2.66. The van der Waals surface area contributed by atoms with E-state index in [0.717, 1.165) is 0 Å². The Labute approximate surface area is 157 Å². The van der Waals surface area contributed by atoms with Crippen molar-refractivity contribution in [2.45, 2.75) is 6.92 Å². The zero-order chi connectivity index (χ0) is 18.8. The van der Waals surface area contributed by atoms with Crippen molar-refractivity contribution in [3.63, 3.8) is 0 Å². The second-order valence-corrected chi connectivity index (χ2v) is 5.72. The molecule has 0 aromatic heterocycles. The molecule has 7 heteroatoms. The first-order valence-electron chi connectivity index (χ1n) is 8.25. The van der Waals surface area contributed by atoms with Crippen LogP contribution in [-0.4, -0.2) is 38.1 Å². The molecule has 2 amide bonds. The zero-order valence-electron chi connectivity index (χ0n) is 14.5. The largest absolute Gasteiger partial charge is 0.490 e. The van der Waals surface area contributed by atoms with Gasteiger partial charge in [-0.1, -0.05) is 23.7 Å². The van der Waals surface area contributed by atoms with Gasteiger partial charge in [0.1, 0.15) is 0 Å². The summed E-state index contributed by atoms with van der Waals surface area (Å²) in [4.78, 5) is 23.7. The minimum atomic E-state index is -0.281. The van der Waals surface area contributed by atoms with E-state index in [0.29, 0.717) is 41.8 Å². The number of nitrogens with one attached hydrogen (secondary N) is 2. The van der Waals surface area contributed by atoms with Gasteiger partial charge in [-0.15, -0.1) is 0 Å². The summed E-state index contributed by atoms with van der Waals surface area (Å²) < 4.78 is 10.9. The first-order valence-corrected chi connectivity index (χ1v) is 8.63. The number of hydrogen-bond donors (Lipinski definition) is 2. The molecule has 0 unspecified atom stereocenters. The maximum atomic E-state index is 11.9. The highest BCUT2D eigenvalue weighted by atomic mass is 35.5. The lowest BCUT2D eigenvalue weighted by Crippen LogP contribution is -2.36. The molecule has 0 aliphatic heterocycles. The molecule has 0 atom stereocenters. The van der Waals surface area contributed by atoms with Crippen LogP contribution >= 0.6 is 11.6 Å². The van der Waals surface area contributed by atoms with Crippen LogP contribution in [0.25, 0.3) is 0 Å². The Kier molecular flexibility index (Phi) is 7.76. The Morgan fingerprint density at radius 3 is 2.19 bits per heavy atom. The topological polar surface area (TPSA) is 76.7 Å². The third-order valence-corrected chi connectivity index (χ3v) is 3.60. The Balaban J connectivity index is 1.68. The number of carbonyl (C=O) groups is 2. The average Bonchev–Trinajstić information content (AvgIpc) is 2.65. The standard InChI is InChI=1S/C19H21ClN2O4/c1-2-25-16-5-3-4-6-17(16)26-13-18(23)21-11-12-22-19(24)14-7-9-15(20)10-8-14/h3-10H,2,11-13H2,1H3,(H,21,23)(H,22,24). The number of halogens is 1. The summed E-state index contributed by atoms with van der Waals surface area (Å²) >= 11 is 5.78. The minimum Gasteiger partial charge on any atom is -0.490 e. The van der Waals surface area contributed by atoms with Gasteiger partial charge in [0.15, 0.2) is 18.1 Å². The molecule has 0 saturated carbocycles. The lowest BCUT2D eigenvalue weighted by atomic mass is 10.2. The molecular formula is C19H21ClN2O4. The van der Waals surface area contributed by atoms with Crippen molar-refractivity contribution in [2.24, 2.45) is 0 Å². The maximum Gasteiger partial charge on any atom is 0.258 e. The molecule has 6 nitrogen and oxygen atoms in total. The Hall–Kier alpha value is -2.73. The highest BCUT2D eigenvalue weighted by Crippen LogP contribution is 2.26. The average molecular weight is 377 g/mol. The van der Waals surface area contributed by atoms with Gasteiger partial charge < -0.3 is 20.1 Å². The van der Waals surface area contributed by atoms with E-state index < -0.39 is 0 Å². The number of carbonyl (C=O) groups excluding carboxylic acids is 2. The Morgan fingerprint density at radius 1 is 0.923 bits per heavy atom. The van der Waals surface area contributed by atoms with E-state index in [2.05, 4.69) is 10.6 Å². The Bertz CT molecular complexity index is 735. The van der Waals surface area contributed by atoms with Crippen molar-refractivity contribution >= 4 is 23.4 Å². The first kappa shape index (κ1) is 19.6. The number of amides is 2. The van der Waals surface area contributed by atoms with Crippen LogP contribution in [-0.2, 0) is 4.79 Å². The molecule has 0 bridgehead atoms. The lowest BCUT2D eigenvalue weighted by Gasteiger charge is -2.11. The van der Waals surface area contributed by atoms with Crippen LogP contribution in [0.4, 0.5) is 0 Å². The van der Waals surface area contributed by atoms with Crippen molar-refractivity contribution in [3.8, 4) is 11.5 Å². The summed E-state index contributed by atoms with van der Waals surface area (Å²) in [6.07, 6.45) is 0. The summed E-state index contributed by atoms with van der Waals surface area (Å²) in [6.45, 7) is 2.87. The third-order valence-electron chi connectivity index (χ3n) is 3.35. The summed E-state index contributed by atoms with van der Waals surface area (Å²) in [5.41, 5.74) is 0.511. The van der Waals surface area contributed by atoms with Crippen LogP contribution in [0.3, 0.4) is 0 Å². The van der Waals surface area contributed by atoms with Crippen LogP contribution < -0.4 is 20.1 Å². The number of hydrogen-bond acceptors (Lipinski definition) is 4. The molecule has 0 aliphatic carbocycles. The van der Waals surface area contributed by atoms with Gasteiger partial charge in [-0.2, -0.15) is 0 Å². The van der Waals surface area contributed by atoms with Gasteiger partial charge in [-0.05, 0) is 43.3 Å². The summed E-state index contributed by atoms with van der Waals surface area (Å²) in [6, 6.07) is 13.7. The van der Waals surface area contributed by atoms with Gasteiger partial charge in [0.2, 0.25) is 0 Å². The highest BCUT2D eigenvalue weighted by Gasteiger charge is 2.08. The maximum absolute atomic E-state index is 11.9. The Morgan fingerprint density at radius 2 is 1.54 bits per heavy atom. The van der Waals surface area contributed by atoms with E-state index in [4.69, 9.17) is 21.1 Å². The van der Waals surface area contributed by atoms with Crippen LogP contribution in [0.15, 0.2) is 48.5 Å². The van der Waals surface area contributed by atoms with E-state index in [1.807, 2.05) is 19.1 Å². The fourth-order valence-electron chi connectivity index (χ4n) is 2.12. The monoisotopic (exact) mass is 376 g/mol. The second-order valence-electron chi connectivity index (χ2n) is 5.28. The lowest BCUT2D eigenvalue weighted by molar-refractivity contribution is -0.123. The normalized spacial score (nSPS) is 10.1. The van der Waals surface area contributed by atoms with Crippen LogP contribution in [0.2, 0.25) is 5.02 Å². The van der Waals surface area contributed by atoms with Crippen LogP contribution in [0.5, 0.6) is 11.5 Å². The molecular weight excluding hydrogens is 356 g/mol. The molecule has 2 N–H and O–H groups in total. The summed E-state index contributed by atoms with van der Waals surface area (Å²) in [5, 5.41) is 5.96. The van der Waals surface area contributed by atoms with Gasteiger partial charge in [0.25, 0.3) is 11.8 Å². The number of benzene rings is 2. The molecule has 26 heavy (non-hydrogen) atoms. The molecule has 0 spiro atoms. The van der Waals surface area contributed by atoms with Gasteiger partial charge in [0, 0.05) is 23.7 Å². The predicted molar refractivity (Wildman–Crippen MR) is 99.9 cm³/mol. The molecule has 2 aromatic rings. The van der Waals surface area contributed by atoms with E-state index in [1.165, 1.54) is 0 Å². The molecule has 0 fully saturated rings. The van der Waals surface area contributed by atoms with Crippen LogP contribution in [0, 0.1) is 0 Å². The minimum absolute atomic E-state index is 0.130. The van der Waals surface area contributed by atoms with Gasteiger partial charge in [0.05, 0.1) is 6.61 Å². The summed E-state index contributed by atoms with van der Waals surface area (Å²) in [7, 11) is 0. The van der Waals surface area contributed by atoms with Crippen molar-refractivity contribution in [1.29, 1.82) is 0 Å². The number of para-hydroxylation sites is 2. The number of ether oxygens (including phenoxy) is 2. The molecule has 0 heterocycles. The van der Waals surface area contributed by atoms with Crippen molar-refractivity contribution < 1.29 is 19.1 Å². The van der Waals surface area contributed by atoms with Crippen molar-refractivity contribution in [1.82, 2.24) is 10.6 Å². The van der Waals surface area contributed by atoms with E-state index >= 15 is 0 Å². The third kappa shape index (κ3) is 6.29. The van der Waals surface area contributed by atoms with Crippen molar-refractivity contribution in [3.05, 3.63) is 59.1 Å². The van der Waals surface area contributed by atoms with Crippen molar-refractivity contribution in [2.75, 3.05) is 26.3 Å². The van der Waals surface area contributed by atoms with E-state index in [-0.39, 0.29) is 18.4 Å². The molecule has 0 saturated heterocycles. The molecule has 2 rings (SSSR count). The summed E-state index contributed by atoms with van der Waals surface area (Å²) in [5.74, 6) is 0.605.